The van der Waals surface area contributed by atoms with Gasteiger partial charge >= 0.3 is 29.8 Å². The second-order valence-corrected chi connectivity index (χ2v) is 13.7. The largest absolute Gasteiger partial charge is 0.493 e. The molecule has 18 heteroatoms. The summed E-state index contributed by atoms with van der Waals surface area (Å²) in [5.74, 6) is -5.17. The van der Waals surface area contributed by atoms with Crippen LogP contribution >= 0.6 is 0 Å². The maximum absolute atomic E-state index is 15.1. The number of fused-ring (bicyclic) bond motifs is 1. The van der Waals surface area contributed by atoms with E-state index >= 15 is 4.79 Å². The predicted octanol–water partition coefficient (Wildman–Crippen LogP) is 5.42. The summed E-state index contributed by atoms with van der Waals surface area (Å²) in [5, 5.41) is 0.186. The van der Waals surface area contributed by atoms with Crippen LogP contribution in [-0.4, -0.2) is 116 Å². The van der Waals surface area contributed by atoms with Crippen LogP contribution in [0.3, 0.4) is 0 Å². The van der Waals surface area contributed by atoms with Crippen LogP contribution in [0, 0.1) is 5.92 Å². The number of hydrogen-bond donors (Lipinski definition) is 0. The lowest BCUT2D eigenvalue weighted by atomic mass is 9.84. The Kier molecular flexibility index (Phi) is 16.1. The van der Waals surface area contributed by atoms with Crippen molar-refractivity contribution in [1.82, 2.24) is 0 Å². The van der Waals surface area contributed by atoms with Gasteiger partial charge in [0.1, 0.15) is 5.75 Å². The summed E-state index contributed by atoms with van der Waals surface area (Å²) in [4.78, 5) is 80.7. The van der Waals surface area contributed by atoms with Gasteiger partial charge in [-0.25, -0.2) is 9.59 Å². The van der Waals surface area contributed by atoms with Gasteiger partial charge in [0, 0.05) is 43.5 Å². The molecule has 1 aliphatic rings. The van der Waals surface area contributed by atoms with Crippen molar-refractivity contribution in [2.45, 2.75) is 84.6 Å². The molecular weight excluding hydrogens is 804 g/mol. The molecule has 0 N–H and O–H groups in total. The minimum atomic E-state index is -1.96. The minimum absolute atomic E-state index is 0.0110. The van der Waals surface area contributed by atoms with E-state index in [2.05, 4.69) is 0 Å². The average Bonchev–Trinajstić information content (AvgIpc) is 3.24. The normalized spacial score (nSPS) is 18.3. The zero-order chi connectivity index (χ0) is 45.3. The Morgan fingerprint density at radius 2 is 1.20 bits per heavy atom. The van der Waals surface area contributed by atoms with Crippen LogP contribution in [0.25, 0.3) is 21.9 Å². The van der Waals surface area contributed by atoms with Crippen molar-refractivity contribution in [3.8, 4) is 45.6 Å². The minimum Gasteiger partial charge on any atom is -0.493 e. The highest BCUT2D eigenvalue weighted by molar-refractivity contribution is 6.22. The molecule has 5 atom stereocenters. The number of methoxy groups -OCH3 is 7. The van der Waals surface area contributed by atoms with E-state index in [0.717, 1.165) is 35.0 Å². The third kappa shape index (κ3) is 9.85. The Bertz CT molecular complexity index is 2140. The lowest BCUT2D eigenvalue weighted by molar-refractivity contribution is -0.282. The highest BCUT2D eigenvalue weighted by Gasteiger charge is 2.56. The third-order valence-corrected chi connectivity index (χ3v) is 10.1. The number of hydrogen-bond acceptors (Lipinski definition) is 18. The third-order valence-electron chi connectivity index (χ3n) is 10.1. The number of benzene rings is 3. The lowest BCUT2D eigenvalue weighted by Crippen LogP contribution is -2.64. The quantitative estimate of drug-likeness (QED) is 0.0888. The fraction of sp³-hybridized carbons (Fsp3) is 0.488. The van der Waals surface area contributed by atoms with Crippen LogP contribution in [-0.2, 0) is 47.6 Å². The fourth-order valence-corrected chi connectivity index (χ4v) is 7.29. The summed E-state index contributed by atoms with van der Waals surface area (Å²) in [7, 11) is 9.13. The number of ketones is 1. The van der Waals surface area contributed by atoms with Crippen LogP contribution in [0.4, 0.5) is 0 Å². The summed E-state index contributed by atoms with van der Waals surface area (Å²) >= 11 is 0. The van der Waals surface area contributed by atoms with Gasteiger partial charge in [-0.2, -0.15) is 0 Å². The molecule has 4 rings (SSSR count). The first-order valence-corrected chi connectivity index (χ1v) is 19.2. The molecule has 0 bridgehead atoms. The van der Waals surface area contributed by atoms with Gasteiger partial charge in [0.2, 0.25) is 18.1 Å². The highest BCUT2D eigenvalue weighted by Crippen LogP contribution is 2.54. The molecule has 332 valence electrons. The van der Waals surface area contributed by atoms with Crippen molar-refractivity contribution in [3.05, 3.63) is 35.4 Å². The van der Waals surface area contributed by atoms with E-state index in [1.54, 1.807) is 18.2 Å². The van der Waals surface area contributed by atoms with Crippen molar-refractivity contribution < 1.29 is 85.6 Å². The Labute approximate surface area is 352 Å². The highest BCUT2D eigenvalue weighted by atomic mass is 16.7. The van der Waals surface area contributed by atoms with Crippen molar-refractivity contribution in [2.75, 3.05) is 49.8 Å². The topological polar surface area (TPSA) is 213 Å². The SMILES string of the molecule is CCC(CC)CC(=O)c1c(C(=O)OC)c(-c2ccc(OC)c(OC)c2)c2c(OC)c(OC)c(OC)cc2c1O[C@@H]1O[C@H](C(=O)OC)[C@@H](OC(C)=O)[C@H](OC(C)=O)[C@H]1OC(C)=O. The van der Waals surface area contributed by atoms with Crippen molar-refractivity contribution >= 4 is 46.4 Å². The first-order valence-electron chi connectivity index (χ1n) is 19.2. The monoisotopic (exact) mass is 856 g/mol. The number of ether oxygens (including phenoxy) is 12. The van der Waals surface area contributed by atoms with Gasteiger partial charge in [0.25, 0.3) is 0 Å². The van der Waals surface area contributed by atoms with Crippen LogP contribution in [0.5, 0.6) is 34.5 Å². The van der Waals surface area contributed by atoms with Crippen LogP contribution in [0.2, 0.25) is 0 Å². The summed E-state index contributed by atoms with van der Waals surface area (Å²) in [6.07, 6.45) is -8.01. The van der Waals surface area contributed by atoms with E-state index in [-0.39, 0.29) is 68.5 Å². The molecule has 3 aromatic rings. The Balaban J connectivity index is 2.32. The molecule has 0 unspecified atom stereocenters. The zero-order valence-corrected chi connectivity index (χ0v) is 36.2. The van der Waals surface area contributed by atoms with Gasteiger partial charge in [0.05, 0.1) is 60.9 Å². The Morgan fingerprint density at radius 3 is 1.70 bits per heavy atom. The first-order chi connectivity index (χ1) is 29.1. The van der Waals surface area contributed by atoms with E-state index in [0.29, 0.717) is 24.2 Å². The fourth-order valence-electron chi connectivity index (χ4n) is 7.29. The van der Waals surface area contributed by atoms with E-state index in [4.69, 9.17) is 56.8 Å². The molecule has 3 aromatic carbocycles. The molecular formula is C43H52O18. The van der Waals surface area contributed by atoms with Crippen LogP contribution in [0.1, 0.15) is 74.6 Å². The molecule has 61 heavy (non-hydrogen) atoms. The number of carbonyl (C=O) groups excluding carboxylic acids is 6. The molecule has 0 saturated carbocycles. The summed E-state index contributed by atoms with van der Waals surface area (Å²) in [6.45, 7) is 6.95. The van der Waals surface area contributed by atoms with Crippen molar-refractivity contribution in [1.29, 1.82) is 0 Å². The Hall–Kier alpha value is -6.30. The molecule has 0 radical (unpaired) electrons. The number of esters is 5. The molecule has 1 saturated heterocycles. The predicted molar refractivity (Wildman–Crippen MR) is 214 cm³/mol. The van der Waals surface area contributed by atoms with Gasteiger partial charge in [-0.05, 0) is 29.7 Å². The standard InChI is InChI=1S/C43H52O18/c1-13-23(14-2)17-26(47)32-33(41(48)55-11)30(24-15-16-27(50-6)28(18-24)51-7)31-25(19-29(52-8)35(53-9)36(31)54-10)34(32)60-43-40(59-22(5)46)38(58-21(4)45)37(57-20(3)44)39(61-43)42(49)56-12/h15-16,18-19,23,37-40,43H,13-14,17H2,1-12H3/t37-,38-,39-,40+,43+/m0/s1. The zero-order valence-electron chi connectivity index (χ0n) is 36.2. The second kappa shape index (κ2) is 20.8. The number of rotatable bonds is 18. The van der Waals surface area contributed by atoms with E-state index in [9.17, 15) is 24.0 Å². The maximum atomic E-state index is 15.1. The van der Waals surface area contributed by atoms with Crippen molar-refractivity contribution in [2.24, 2.45) is 5.92 Å². The van der Waals surface area contributed by atoms with Gasteiger partial charge in [-0.1, -0.05) is 32.8 Å². The van der Waals surface area contributed by atoms with Gasteiger partial charge < -0.3 is 56.8 Å². The molecule has 1 aliphatic heterocycles. The lowest BCUT2D eigenvalue weighted by Gasteiger charge is -2.43. The van der Waals surface area contributed by atoms with E-state index in [1.165, 1.54) is 41.6 Å². The number of Topliss-reactive ketones (excluding diaryl/α,β-unsaturated/α-hetero) is 1. The average molecular weight is 857 g/mol. The number of carbonyl (C=O) groups is 6. The molecule has 0 aliphatic carbocycles. The molecule has 1 heterocycles. The molecule has 0 spiro atoms. The smallest absolute Gasteiger partial charge is 0.339 e. The van der Waals surface area contributed by atoms with Crippen LogP contribution in [0.15, 0.2) is 24.3 Å². The van der Waals surface area contributed by atoms with Gasteiger partial charge in [-0.3, -0.25) is 19.2 Å². The molecule has 1 fully saturated rings. The summed E-state index contributed by atoms with van der Waals surface area (Å²) in [5.41, 5.74) is -0.163. The maximum Gasteiger partial charge on any atom is 0.339 e. The Morgan fingerprint density at radius 1 is 0.623 bits per heavy atom. The van der Waals surface area contributed by atoms with Crippen molar-refractivity contribution in [3.63, 3.8) is 0 Å². The summed E-state index contributed by atoms with van der Waals surface area (Å²) in [6, 6.07) is 6.30. The summed E-state index contributed by atoms with van der Waals surface area (Å²) < 4.78 is 68.6. The van der Waals surface area contributed by atoms with E-state index in [1.807, 2.05) is 13.8 Å². The molecule has 0 amide bonds. The first kappa shape index (κ1) is 47.4. The van der Waals surface area contributed by atoms with Gasteiger partial charge in [0.15, 0.2) is 47.1 Å². The van der Waals surface area contributed by atoms with Crippen LogP contribution < -0.4 is 28.4 Å². The molecule has 0 aromatic heterocycles. The van der Waals surface area contributed by atoms with Gasteiger partial charge in [-0.15, -0.1) is 0 Å². The molecule has 18 nitrogen and oxygen atoms in total. The van der Waals surface area contributed by atoms with E-state index < -0.39 is 66.3 Å². The second-order valence-electron chi connectivity index (χ2n) is 13.7.